The molecule has 21 heavy (non-hydrogen) atoms. The van der Waals surface area contributed by atoms with Crippen molar-refractivity contribution in [1.29, 1.82) is 0 Å². The van der Waals surface area contributed by atoms with Crippen molar-refractivity contribution in [3.8, 4) is 0 Å². The molecule has 0 unspecified atom stereocenters. The molecule has 114 valence electrons. The standard InChI is InChI=1S/C17H21BrO2S/c1-5-12(3)16(14-9-7-8-10-15(14)18)21-11-13(4)17(19)20-6-2/h7-11H,5-6H2,1-4H3/b13-11+,16-12?. The van der Waals surface area contributed by atoms with Crippen molar-refractivity contribution in [3.63, 3.8) is 0 Å². The first kappa shape index (κ1) is 18.1. The number of hydrogen-bond donors (Lipinski definition) is 0. The van der Waals surface area contributed by atoms with Gasteiger partial charge in [-0.15, -0.1) is 0 Å². The molecule has 0 spiro atoms. The van der Waals surface area contributed by atoms with Crippen LogP contribution in [0.25, 0.3) is 4.91 Å². The van der Waals surface area contributed by atoms with E-state index in [1.165, 1.54) is 10.5 Å². The van der Waals surface area contributed by atoms with Crippen molar-refractivity contribution in [2.75, 3.05) is 6.61 Å². The number of carbonyl (C=O) groups is 1. The van der Waals surface area contributed by atoms with Crippen LogP contribution in [0.4, 0.5) is 0 Å². The molecule has 0 amide bonds. The molecular formula is C17H21BrO2S. The smallest absolute Gasteiger partial charge is 0.334 e. The zero-order valence-corrected chi connectivity index (χ0v) is 15.3. The zero-order valence-electron chi connectivity index (χ0n) is 12.9. The van der Waals surface area contributed by atoms with Gasteiger partial charge in [-0.1, -0.05) is 58.4 Å². The Balaban J connectivity index is 3.06. The van der Waals surface area contributed by atoms with E-state index < -0.39 is 0 Å². The predicted octanol–water partition coefficient (Wildman–Crippen LogP) is 5.79. The summed E-state index contributed by atoms with van der Waals surface area (Å²) in [6.45, 7) is 8.25. The molecule has 0 atom stereocenters. The van der Waals surface area contributed by atoms with E-state index in [1.54, 1.807) is 18.7 Å². The van der Waals surface area contributed by atoms with Crippen molar-refractivity contribution < 1.29 is 9.53 Å². The lowest BCUT2D eigenvalue weighted by Gasteiger charge is -2.12. The van der Waals surface area contributed by atoms with Gasteiger partial charge in [-0.3, -0.25) is 0 Å². The summed E-state index contributed by atoms with van der Waals surface area (Å²) in [7, 11) is 0. The second-order valence-electron chi connectivity index (χ2n) is 4.58. The Morgan fingerprint density at radius 3 is 2.52 bits per heavy atom. The highest BCUT2D eigenvalue weighted by atomic mass is 79.9. The van der Waals surface area contributed by atoms with E-state index in [0.29, 0.717) is 12.2 Å². The van der Waals surface area contributed by atoms with Crippen LogP contribution in [-0.2, 0) is 9.53 Å². The van der Waals surface area contributed by atoms with Gasteiger partial charge in [0.25, 0.3) is 0 Å². The molecule has 0 bridgehead atoms. The Labute approximate surface area is 139 Å². The van der Waals surface area contributed by atoms with E-state index in [4.69, 9.17) is 4.74 Å². The Hall–Kier alpha value is -1.00. The summed E-state index contributed by atoms with van der Waals surface area (Å²) in [4.78, 5) is 12.8. The SMILES string of the molecule is CCOC(=O)/C(C)=C/SC(=C(C)CC)c1ccccc1Br. The topological polar surface area (TPSA) is 26.3 Å². The van der Waals surface area contributed by atoms with Crippen LogP contribution >= 0.6 is 27.7 Å². The first-order chi connectivity index (χ1) is 10.0. The van der Waals surface area contributed by atoms with Gasteiger partial charge in [-0.2, -0.15) is 0 Å². The van der Waals surface area contributed by atoms with Crippen LogP contribution in [0.1, 0.15) is 39.7 Å². The maximum Gasteiger partial charge on any atom is 0.334 e. The van der Waals surface area contributed by atoms with E-state index in [0.717, 1.165) is 16.5 Å². The van der Waals surface area contributed by atoms with E-state index >= 15 is 0 Å². The predicted molar refractivity (Wildman–Crippen MR) is 95.0 cm³/mol. The monoisotopic (exact) mass is 368 g/mol. The number of ether oxygens (including phenoxy) is 1. The van der Waals surface area contributed by atoms with E-state index in [9.17, 15) is 4.79 Å². The lowest BCUT2D eigenvalue weighted by Crippen LogP contribution is -2.04. The Morgan fingerprint density at radius 1 is 1.29 bits per heavy atom. The number of carbonyl (C=O) groups excluding carboxylic acids is 1. The van der Waals surface area contributed by atoms with Crippen molar-refractivity contribution in [2.24, 2.45) is 0 Å². The third-order valence-electron chi connectivity index (χ3n) is 2.99. The van der Waals surface area contributed by atoms with Gasteiger partial charge in [0.1, 0.15) is 0 Å². The van der Waals surface area contributed by atoms with Gasteiger partial charge in [0.05, 0.1) is 6.61 Å². The molecule has 0 N–H and O–H groups in total. The summed E-state index contributed by atoms with van der Waals surface area (Å²) in [5.74, 6) is -0.259. The maximum absolute atomic E-state index is 11.7. The molecule has 0 fully saturated rings. The highest BCUT2D eigenvalue weighted by Gasteiger charge is 2.10. The highest BCUT2D eigenvalue weighted by Crippen LogP contribution is 2.37. The van der Waals surface area contributed by atoms with Crippen molar-refractivity contribution >= 4 is 38.6 Å². The van der Waals surface area contributed by atoms with Gasteiger partial charge < -0.3 is 4.74 Å². The first-order valence-corrected chi connectivity index (χ1v) is 8.63. The minimum atomic E-state index is -0.259. The van der Waals surface area contributed by atoms with Gasteiger partial charge in [0.15, 0.2) is 0 Å². The quantitative estimate of drug-likeness (QED) is 0.469. The lowest BCUT2D eigenvalue weighted by atomic mass is 10.1. The Bertz CT molecular complexity index is 562. The average Bonchev–Trinajstić information content (AvgIpc) is 2.48. The molecule has 0 saturated heterocycles. The Morgan fingerprint density at radius 2 is 1.95 bits per heavy atom. The van der Waals surface area contributed by atoms with Gasteiger partial charge in [-0.25, -0.2) is 4.79 Å². The molecule has 0 aliphatic heterocycles. The number of benzene rings is 1. The summed E-state index contributed by atoms with van der Waals surface area (Å²) in [5.41, 5.74) is 3.06. The van der Waals surface area contributed by atoms with Crippen LogP contribution in [0.3, 0.4) is 0 Å². The molecular weight excluding hydrogens is 348 g/mol. The lowest BCUT2D eigenvalue weighted by molar-refractivity contribution is -0.138. The number of rotatable bonds is 6. The molecule has 0 aromatic heterocycles. The molecule has 0 aliphatic rings. The molecule has 0 aliphatic carbocycles. The third-order valence-corrected chi connectivity index (χ3v) is 4.95. The molecule has 1 aromatic carbocycles. The van der Waals surface area contributed by atoms with Crippen LogP contribution < -0.4 is 0 Å². The molecule has 2 nitrogen and oxygen atoms in total. The third kappa shape index (κ3) is 5.36. The van der Waals surface area contributed by atoms with E-state index in [1.807, 2.05) is 30.5 Å². The molecule has 1 aromatic rings. The summed E-state index contributed by atoms with van der Waals surface area (Å²) in [6, 6.07) is 8.13. The molecule has 0 saturated carbocycles. The first-order valence-electron chi connectivity index (χ1n) is 6.96. The van der Waals surface area contributed by atoms with Crippen LogP contribution in [0.2, 0.25) is 0 Å². The van der Waals surface area contributed by atoms with Gasteiger partial charge >= 0.3 is 5.97 Å². The second-order valence-corrected chi connectivity index (χ2v) is 6.32. The number of allylic oxidation sites excluding steroid dienone is 1. The number of esters is 1. The summed E-state index contributed by atoms with van der Waals surface area (Å²) in [5, 5.41) is 1.87. The van der Waals surface area contributed by atoms with Gasteiger partial charge in [-0.05, 0) is 38.7 Å². The number of hydrogen-bond acceptors (Lipinski definition) is 3. The van der Waals surface area contributed by atoms with Crippen LogP contribution in [0.15, 0.2) is 45.3 Å². The van der Waals surface area contributed by atoms with E-state index in [-0.39, 0.29) is 5.97 Å². The summed E-state index contributed by atoms with van der Waals surface area (Å²) < 4.78 is 6.06. The molecule has 0 radical (unpaired) electrons. The minimum absolute atomic E-state index is 0.259. The van der Waals surface area contributed by atoms with Crippen LogP contribution in [0.5, 0.6) is 0 Å². The van der Waals surface area contributed by atoms with Gasteiger partial charge in [0.2, 0.25) is 0 Å². The fraction of sp³-hybridized carbons (Fsp3) is 0.353. The van der Waals surface area contributed by atoms with Crippen LogP contribution in [-0.4, -0.2) is 12.6 Å². The minimum Gasteiger partial charge on any atom is -0.463 e. The average molecular weight is 369 g/mol. The molecule has 0 heterocycles. The summed E-state index contributed by atoms with van der Waals surface area (Å²) in [6.07, 6.45) is 0.968. The largest absolute Gasteiger partial charge is 0.463 e. The van der Waals surface area contributed by atoms with Crippen LogP contribution in [0, 0.1) is 0 Å². The molecule has 1 rings (SSSR count). The van der Waals surface area contributed by atoms with Crippen molar-refractivity contribution in [3.05, 3.63) is 50.9 Å². The second kappa shape index (κ2) is 9.11. The van der Waals surface area contributed by atoms with Crippen molar-refractivity contribution in [2.45, 2.75) is 34.1 Å². The fourth-order valence-corrected chi connectivity index (χ4v) is 3.30. The number of halogens is 1. The van der Waals surface area contributed by atoms with E-state index in [2.05, 4.69) is 35.8 Å². The maximum atomic E-state index is 11.7. The fourth-order valence-electron chi connectivity index (χ4n) is 1.64. The highest BCUT2D eigenvalue weighted by molar-refractivity contribution is 9.10. The Kier molecular flexibility index (Phi) is 7.83. The normalized spacial score (nSPS) is 12.9. The zero-order chi connectivity index (χ0) is 15.8. The summed E-state index contributed by atoms with van der Waals surface area (Å²) >= 11 is 5.17. The van der Waals surface area contributed by atoms with Crippen molar-refractivity contribution in [1.82, 2.24) is 0 Å². The number of thioether (sulfide) groups is 1. The molecule has 4 heteroatoms. The van der Waals surface area contributed by atoms with Gasteiger partial charge in [0, 0.05) is 20.5 Å².